The number of aromatic nitrogens is 3. The summed E-state index contributed by atoms with van der Waals surface area (Å²) in [5.41, 5.74) is 2.62. The molecule has 0 aliphatic carbocycles. The van der Waals surface area contributed by atoms with Gasteiger partial charge in [0.05, 0.1) is 18.2 Å². The molecule has 0 aromatic carbocycles. The quantitative estimate of drug-likeness (QED) is 0.0719. The molecule has 1 aliphatic heterocycles. The molecule has 0 bridgehead atoms. The normalized spacial score (nSPS) is 16.9. The minimum absolute atomic E-state index is 0.0475. The van der Waals surface area contributed by atoms with E-state index in [2.05, 4.69) is 25.9 Å². The van der Waals surface area contributed by atoms with E-state index >= 15 is 0 Å². The standard InChI is InChI=1S/C23H23N7O10S/c1-23(2,21(36)37)40-29-18(12-8-41-22(24)27-12)15(32)3-9-11(26-19(9)34)6-25-20(35)17-4-10(28-39-17)13-5-14(31)16(33)7-30(13)38/h4-5,7-9,11,33,38H,3,6H2,1-2H3,(H2,24,27)(H,25,35)(H,26,34)(H,36,37)/b29-18-/t9-,11+/m0/s1. The van der Waals surface area contributed by atoms with Gasteiger partial charge in [0.25, 0.3) is 5.91 Å². The number of Topliss-reactive ketones (excluding diaryl/α,β-unsaturated/α-hetero) is 1. The minimum Gasteiger partial charge on any atom is -0.503 e. The summed E-state index contributed by atoms with van der Waals surface area (Å²) in [5.74, 6) is -5.06. The molecule has 1 fully saturated rings. The zero-order chi connectivity index (χ0) is 30.1. The van der Waals surface area contributed by atoms with Crippen molar-refractivity contribution in [2.45, 2.75) is 31.9 Å². The fourth-order valence-electron chi connectivity index (χ4n) is 3.53. The maximum Gasteiger partial charge on any atom is 0.350 e. The highest BCUT2D eigenvalue weighted by Gasteiger charge is 2.42. The summed E-state index contributed by atoms with van der Waals surface area (Å²) < 4.78 is 5.41. The molecule has 3 aromatic heterocycles. The molecule has 216 valence electrons. The second-order valence-electron chi connectivity index (χ2n) is 9.31. The number of nitrogens with one attached hydrogen (secondary N) is 2. The summed E-state index contributed by atoms with van der Waals surface area (Å²) in [7, 11) is 0. The Morgan fingerprint density at radius 2 is 2.05 bits per heavy atom. The van der Waals surface area contributed by atoms with E-state index in [1.54, 1.807) is 0 Å². The largest absolute Gasteiger partial charge is 0.503 e. The van der Waals surface area contributed by atoms with E-state index in [0.29, 0.717) is 4.73 Å². The number of carbonyl (C=O) groups is 4. The first-order chi connectivity index (χ1) is 19.3. The summed E-state index contributed by atoms with van der Waals surface area (Å²) in [6.07, 6.45) is 0.395. The predicted molar refractivity (Wildman–Crippen MR) is 138 cm³/mol. The van der Waals surface area contributed by atoms with Gasteiger partial charge in [-0.05, 0) is 13.8 Å². The van der Waals surface area contributed by atoms with Gasteiger partial charge in [0, 0.05) is 30.5 Å². The lowest BCUT2D eigenvalue weighted by Gasteiger charge is -2.36. The molecule has 3 aromatic rings. The summed E-state index contributed by atoms with van der Waals surface area (Å²) in [4.78, 5) is 70.1. The molecule has 2 amide bonds. The third-order valence-corrected chi connectivity index (χ3v) is 6.63. The summed E-state index contributed by atoms with van der Waals surface area (Å²) in [5, 5.41) is 42.6. The molecule has 0 radical (unpaired) electrons. The Bertz CT molecular complexity index is 1620. The molecule has 0 saturated carbocycles. The number of ketones is 1. The number of amides is 2. The average Bonchev–Trinajstić information content (AvgIpc) is 3.56. The lowest BCUT2D eigenvalue weighted by atomic mass is 9.84. The van der Waals surface area contributed by atoms with Crippen LogP contribution in [0.5, 0.6) is 5.75 Å². The Kier molecular flexibility index (Phi) is 7.77. The van der Waals surface area contributed by atoms with Gasteiger partial charge in [-0.2, -0.15) is 4.73 Å². The van der Waals surface area contributed by atoms with Crippen LogP contribution in [0.1, 0.15) is 36.5 Å². The van der Waals surface area contributed by atoms with Crippen LogP contribution < -0.4 is 21.8 Å². The molecular weight excluding hydrogens is 566 g/mol. The van der Waals surface area contributed by atoms with E-state index < -0.39 is 52.3 Å². The molecule has 7 N–H and O–H groups in total. The number of β-lactam (4-membered cyclic amide) rings is 1. The number of nitrogen functional groups attached to an aromatic ring is 1. The van der Waals surface area contributed by atoms with Crippen molar-refractivity contribution < 1.29 is 44.0 Å². The van der Waals surface area contributed by atoms with Crippen molar-refractivity contribution in [1.82, 2.24) is 25.5 Å². The molecule has 0 unspecified atom stereocenters. The Hall–Kier alpha value is -5.26. The van der Waals surface area contributed by atoms with Crippen molar-refractivity contribution in [1.29, 1.82) is 0 Å². The Morgan fingerprint density at radius 3 is 2.68 bits per heavy atom. The number of oxime groups is 1. The van der Waals surface area contributed by atoms with Gasteiger partial charge in [-0.1, -0.05) is 10.3 Å². The monoisotopic (exact) mass is 589 g/mol. The van der Waals surface area contributed by atoms with Crippen molar-refractivity contribution in [3.05, 3.63) is 45.4 Å². The average molecular weight is 590 g/mol. The van der Waals surface area contributed by atoms with Crippen LogP contribution in [0.2, 0.25) is 0 Å². The van der Waals surface area contributed by atoms with Crippen LogP contribution in [0.4, 0.5) is 5.13 Å². The number of carboxylic acid groups (broad SMARTS) is 1. The first-order valence-corrected chi connectivity index (χ1v) is 12.6. The summed E-state index contributed by atoms with van der Waals surface area (Å²) in [6, 6.07) is 1.39. The number of carboxylic acids is 1. The zero-order valence-electron chi connectivity index (χ0n) is 21.4. The maximum atomic E-state index is 13.1. The van der Waals surface area contributed by atoms with Crippen LogP contribution >= 0.6 is 11.3 Å². The summed E-state index contributed by atoms with van der Waals surface area (Å²) in [6.45, 7) is 2.36. The van der Waals surface area contributed by atoms with Crippen molar-refractivity contribution in [2.75, 3.05) is 12.3 Å². The molecule has 17 nitrogen and oxygen atoms in total. The lowest BCUT2D eigenvalue weighted by molar-refractivity contribution is -0.161. The molecule has 41 heavy (non-hydrogen) atoms. The smallest absolute Gasteiger partial charge is 0.350 e. The first kappa shape index (κ1) is 28.7. The highest BCUT2D eigenvalue weighted by atomic mass is 32.1. The van der Waals surface area contributed by atoms with Gasteiger partial charge in [0.2, 0.25) is 22.7 Å². The molecule has 18 heteroatoms. The predicted octanol–water partition coefficient (Wildman–Crippen LogP) is -0.427. The molecular formula is C23H23N7O10S. The first-order valence-electron chi connectivity index (χ1n) is 11.7. The van der Waals surface area contributed by atoms with Gasteiger partial charge in [-0.15, -0.1) is 11.3 Å². The van der Waals surface area contributed by atoms with Gasteiger partial charge in [0.15, 0.2) is 22.4 Å². The van der Waals surface area contributed by atoms with Gasteiger partial charge in [-0.3, -0.25) is 19.2 Å². The molecule has 0 spiro atoms. The van der Waals surface area contributed by atoms with Crippen LogP contribution in [-0.2, 0) is 19.2 Å². The number of hydrogen-bond donors (Lipinski definition) is 6. The second kappa shape index (κ2) is 11.1. The zero-order valence-corrected chi connectivity index (χ0v) is 22.2. The number of hydrogen-bond acceptors (Lipinski definition) is 14. The number of rotatable bonds is 11. The van der Waals surface area contributed by atoms with Gasteiger partial charge >= 0.3 is 5.97 Å². The van der Waals surface area contributed by atoms with E-state index in [4.69, 9.17) is 15.1 Å². The Balaban J connectivity index is 1.41. The van der Waals surface area contributed by atoms with Gasteiger partial charge in [0.1, 0.15) is 17.1 Å². The number of thiazole rings is 1. The van der Waals surface area contributed by atoms with Gasteiger partial charge in [-0.25, -0.2) is 9.78 Å². The molecule has 4 rings (SSSR count). The minimum atomic E-state index is -1.76. The number of aliphatic carboxylic acids is 1. The van der Waals surface area contributed by atoms with Crippen molar-refractivity contribution in [3.63, 3.8) is 0 Å². The van der Waals surface area contributed by atoms with Crippen molar-refractivity contribution in [2.24, 2.45) is 11.1 Å². The lowest BCUT2D eigenvalue weighted by Crippen LogP contribution is -2.62. The van der Waals surface area contributed by atoms with E-state index in [-0.39, 0.29) is 46.7 Å². The third kappa shape index (κ3) is 6.16. The van der Waals surface area contributed by atoms with Gasteiger partial charge < -0.3 is 41.1 Å². The third-order valence-electron chi connectivity index (χ3n) is 5.95. The number of pyridine rings is 1. The number of aromatic hydroxyl groups is 1. The van der Waals surface area contributed by atoms with E-state index in [1.807, 2.05) is 0 Å². The van der Waals surface area contributed by atoms with Crippen LogP contribution in [0, 0.1) is 5.92 Å². The maximum absolute atomic E-state index is 13.1. The van der Waals surface area contributed by atoms with E-state index in [9.17, 15) is 39.4 Å². The van der Waals surface area contributed by atoms with E-state index in [0.717, 1.165) is 29.7 Å². The van der Waals surface area contributed by atoms with Crippen LogP contribution in [0.15, 0.2) is 38.2 Å². The highest BCUT2D eigenvalue weighted by Crippen LogP contribution is 2.23. The molecule has 4 heterocycles. The molecule has 2 atom stereocenters. The summed E-state index contributed by atoms with van der Waals surface area (Å²) >= 11 is 1.02. The van der Waals surface area contributed by atoms with E-state index in [1.165, 1.54) is 19.2 Å². The second-order valence-corrected chi connectivity index (χ2v) is 10.2. The van der Waals surface area contributed by atoms with Crippen LogP contribution in [-0.4, -0.2) is 77.8 Å². The molecule has 1 aliphatic rings. The topological polar surface area (TPSA) is 262 Å². The number of nitrogens with two attached hydrogens (primary N) is 1. The highest BCUT2D eigenvalue weighted by molar-refractivity contribution is 7.13. The fourth-order valence-corrected chi connectivity index (χ4v) is 4.08. The van der Waals surface area contributed by atoms with Crippen molar-refractivity contribution >= 4 is 45.7 Å². The SMILES string of the molecule is CC(C)(O/N=C(\C(=O)C[C@@H]1C(=O)N[C@@H]1CNC(=O)c1cc(-c2cc(=O)c(O)cn2O)no1)c1csc(N)n1)C(=O)O. The number of carbonyl (C=O) groups excluding carboxylic acids is 3. The molecule has 1 saturated heterocycles. The number of anilines is 1. The van der Waals surface area contributed by atoms with Crippen molar-refractivity contribution in [3.8, 4) is 17.1 Å². The number of nitrogens with zero attached hydrogens (tertiary/aromatic N) is 4. The Labute approximate surface area is 233 Å². The van der Waals surface area contributed by atoms with Crippen LogP contribution in [0.3, 0.4) is 0 Å². The van der Waals surface area contributed by atoms with Crippen LogP contribution in [0.25, 0.3) is 11.4 Å². The fraction of sp³-hybridized carbons (Fsp3) is 0.304. The Morgan fingerprint density at radius 1 is 1.32 bits per heavy atom.